The van der Waals surface area contributed by atoms with Crippen molar-refractivity contribution < 1.29 is 14.3 Å². The standard InChI is InChI=1S/C15H24N4O3/c1-11-12(9-17-18(11)2)8-16-14(20)10-19-7-5-4-6-13(22-3)15(19)21/h9,13H,4-8,10H2,1-3H3,(H,16,20). The van der Waals surface area contributed by atoms with Crippen molar-refractivity contribution >= 4 is 11.8 Å². The Morgan fingerprint density at radius 3 is 2.91 bits per heavy atom. The average Bonchev–Trinajstić information content (AvgIpc) is 2.71. The summed E-state index contributed by atoms with van der Waals surface area (Å²) in [6, 6.07) is 0. The molecule has 1 fully saturated rings. The third-order valence-electron chi connectivity index (χ3n) is 4.16. The van der Waals surface area contributed by atoms with E-state index in [1.54, 1.807) is 15.8 Å². The number of ether oxygens (including phenoxy) is 1. The maximum absolute atomic E-state index is 12.3. The molecule has 7 nitrogen and oxygen atoms in total. The second-order valence-electron chi connectivity index (χ2n) is 5.64. The minimum atomic E-state index is -0.420. The molecule has 1 aliphatic rings. The number of aromatic nitrogens is 2. The van der Waals surface area contributed by atoms with Crippen LogP contribution in [0, 0.1) is 6.92 Å². The normalized spacial score (nSPS) is 19.1. The van der Waals surface area contributed by atoms with Gasteiger partial charge in [-0.1, -0.05) is 0 Å². The largest absolute Gasteiger partial charge is 0.372 e. The van der Waals surface area contributed by atoms with E-state index in [1.165, 1.54) is 7.11 Å². The van der Waals surface area contributed by atoms with Crippen molar-refractivity contribution in [3.8, 4) is 0 Å². The molecule has 22 heavy (non-hydrogen) atoms. The monoisotopic (exact) mass is 308 g/mol. The molecule has 1 aliphatic heterocycles. The summed E-state index contributed by atoms with van der Waals surface area (Å²) in [5.74, 6) is -0.249. The number of nitrogens with one attached hydrogen (secondary N) is 1. The van der Waals surface area contributed by atoms with Crippen LogP contribution in [0.25, 0.3) is 0 Å². The maximum atomic E-state index is 12.3. The smallest absolute Gasteiger partial charge is 0.252 e. The molecule has 1 aromatic heterocycles. The zero-order valence-electron chi connectivity index (χ0n) is 13.5. The summed E-state index contributed by atoms with van der Waals surface area (Å²) in [5.41, 5.74) is 2.00. The molecule has 0 aliphatic carbocycles. The van der Waals surface area contributed by atoms with Crippen LogP contribution in [0.1, 0.15) is 30.5 Å². The van der Waals surface area contributed by atoms with E-state index in [9.17, 15) is 9.59 Å². The summed E-state index contributed by atoms with van der Waals surface area (Å²) in [6.45, 7) is 3.07. The van der Waals surface area contributed by atoms with Gasteiger partial charge in [-0.3, -0.25) is 14.3 Å². The molecule has 0 saturated carbocycles. The van der Waals surface area contributed by atoms with Crippen molar-refractivity contribution in [1.29, 1.82) is 0 Å². The average molecular weight is 308 g/mol. The fourth-order valence-electron chi connectivity index (χ4n) is 2.59. The number of amides is 2. The van der Waals surface area contributed by atoms with Crippen LogP contribution in [0.3, 0.4) is 0 Å². The van der Waals surface area contributed by atoms with E-state index in [0.717, 1.165) is 30.5 Å². The Bertz CT molecular complexity index is 541. The van der Waals surface area contributed by atoms with E-state index in [2.05, 4.69) is 10.4 Å². The molecular formula is C15H24N4O3. The number of methoxy groups -OCH3 is 1. The SMILES string of the molecule is COC1CCCCN(CC(=O)NCc2cnn(C)c2C)C1=O. The van der Waals surface area contributed by atoms with Crippen LogP contribution in [0.5, 0.6) is 0 Å². The van der Waals surface area contributed by atoms with Gasteiger partial charge in [0.1, 0.15) is 6.10 Å². The Kier molecular flexibility index (Phi) is 5.54. The highest BCUT2D eigenvalue weighted by atomic mass is 16.5. The molecular weight excluding hydrogens is 284 g/mol. The molecule has 7 heteroatoms. The summed E-state index contributed by atoms with van der Waals surface area (Å²) in [4.78, 5) is 25.9. The van der Waals surface area contributed by atoms with Gasteiger partial charge in [-0.15, -0.1) is 0 Å². The number of hydrogen-bond acceptors (Lipinski definition) is 4. The topological polar surface area (TPSA) is 76.5 Å². The van der Waals surface area contributed by atoms with Gasteiger partial charge < -0.3 is 15.0 Å². The van der Waals surface area contributed by atoms with E-state index in [0.29, 0.717) is 13.1 Å². The van der Waals surface area contributed by atoms with Gasteiger partial charge in [0.15, 0.2) is 0 Å². The number of hydrogen-bond donors (Lipinski definition) is 1. The molecule has 1 aromatic rings. The lowest BCUT2D eigenvalue weighted by atomic mass is 10.2. The van der Waals surface area contributed by atoms with Crippen molar-refractivity contribution in [3.63, 3.8) is 0 Å². The van der Waals surface area contributed by atoms with Gasteiger partial charge in [0.05, 0.1) is 12.7 Å². The van der Waals surface area contributed by atoms with Gasteiger partial charge >= 0.3 is 0 Å². The summed E-state index contributed by atoms with van der Waals surface area (Å²) < 4.78 is 6.98. The molecule has 1 atom stereocenters. The first-order valence-electron chi connectivity index (χ1n) is 7.58. The zero-order valence-corrected chi connectivity index (χ0v) is 13.5. The maximum Gasteiger partial charge on any atom is 0.252 e. The highest BCUT2D eigenvalue weighted by molar-refractivity contribution is 5.87. The van der Waals surface area contributed by atoms with Gasteiger partial charge in [0, 0.05) is 38.5 Å². The molecule has 1 saturated heterocycles. The zero-order chi connectivity index (χ0) is 16.1. The van der Waals surface area contributed by atoms with Crippen molar-refractivity contribution in [3.05, 3.63) is 17.5 Å². The second kappa shape index (κ2) is 7.40. The van der Waals surface area contributed by atoms with Crippen molar-refractivity contribution in [1.82, 2.24) is 20.0 Å². The van der Waals surface area contributed by atoms with Crippen molar-refractivity contribution in [2.75, 3.05) is 20.2 Å². The van der Waals surface area contributed by atoms with Crippen LogP contribution < -0.4 is 5.32 Å². The predicted octanol–water partition coefficient (Wildman–Crippen LogP) is 0.372. The number of likely N-dealkylation sites (tertiary alicyclic amines) is 1. The Morgan fingerprint density at radius 1 is 1.50 bits per heavy atom. The summed E-state index contributed by atoms with van der Waals surface area (Å²) in [7, 11) is 3.40. The Labute approximate surface area is 130 Å². The minimum Gasteiger partial charge on any atom is -0.372 e. The van der Waals surface area contributed by atoms with E-state index >= 15 is 0 Å². The van der Waals surface area contributed by atoms with Gasteiger partial charge in [0.2, 0.25) is 5.91 Å². The fourth-order valence-corrected chi connectivity index (χ4v) is 2.59. The molecule has 2 amide bonds. The Morgan fingerprint density at radius 2 is 2.27 bits per heavy atom. The second-order valence-corrected chi connectivity index (χ2v) is 5.64. The van der Waals surface area contributed by atoms with Gasteiger partial charge in [-0.05, 0) is 26.2 Å². The van der Waals surface area contributed by atoms with Gasteiger partial charge in [0.25, 0.3) is 5.91 Å². The summed E-state index contributed by atoms with van der Waals surface area (Å²) >= 11 is 0. The first-order valence-corrected chi connectivity index (χ1v) is 7.58. The lowest BCUT2D eigenvalue weighted by Gasteiger charge is -2.23. The lowest BCUT2D eigenvalue weighted by molar-refractivity contribution is -0.144. The summed E-state index contributed by atoms with van der Waals surface area (Å²) in [5, 5.41) is 6.99. The first kappa shape index (κ1) is 16.5. The molecule has 0 bridgehead atoms. The van der Waals surface area contributed by atoms with Gasteiger partial charge in [-0.2, -0.15) is 5.10 Å². The van der Waals surface area contributed by atoms with Crippen LogP contribution in [-0.4, -0.2) is 52.8 Å². The molecule has 1 unspecified atom stereocenters. The predicted molar refractivity (Wildman–Crippen MR) is 81.0 cm³/mol. The molecule has 0 radical (unpaired) electrons. The van der Waals surface area contributed by atoms with E-state index in [-0.39, 0.29) is 18.4 Å². The quantitative estimate of drug-likeness (QED) is 0.853. The van der Waals surface area contributed by atoms with Crippen LogP contribution in [-0.2, 0) is 27.9 Å². The molecule has 122 valence electrons. The summed E-state index contributed by atoms with van der Waals surface area (Å²) in [6.07, 6.45) is 3.89. The number of aryl methyl sites for hydroxylation is 1. The van der Waals surface area contributed by atoms with E-state index in [1.807, 2.05) is 14.0 Å². The molecule has 2 rings (SSSR count). The molecule has 2 heterocycles. The number of carbonyl (C=O) groups excluding carboxylic acids is 2. The molecule has 0 spiro atoms. The minimum absolute atomic E-state index is 0.0814. The molecule has 0 aromatic carbocycles. The Hall–Kier alpha value is -1.89. The third kappa shape index (κ3) is 3.85. The number of nitrogens with zero attached hydrogens (tertiary/aromatic N) is 3. The van der Waals surface area contributed by atoms with Crippen LogP contribution in [0.15, 0.2) is 6.20 Å². The van der Waals surface area contributed by atoms with Crippen LogP contribution in [0.2, 0.25) is 0 Å². The van der Waals surface area contributed by atoms with E-state index in [4.69, 9.17) is 4.74 Å². The number of rotatable bonds is 5. The molecule has 1 N–H and O–H groups in total. The fraction of sp³-hybridized carbons (Fsp3) is 0.667. The van der Waals surface area contributed by atoms with Crippen molar-refractivity contribution in [2.45, 2.75) is 38.8 Å². The van der Waals surface area contributed by atoms with Crippen LogP contribution >= 0.6 is 0 Å². The van der Waals surface area contributed by atoms with Crippen LogP contribution in [0.4, 0.5) is 0 Å². The van der Waals surface area contributed by atoms with Gasteiger partial charge in [-0.25, -0.2) is 0 Å². The Balaban J connectivity index is 1.88. The first-order chi connectivity index (χ1) is 10.5. The highest BCUT2D eigenvalue weighted by Crippen LogP contribution is 2.14. The lowest BCUT2D eigenvalue weighted by Crippen LogP contribution is -2.44. The van der Waals surface area contributed by atoms with Crippen molar-refractivity contribution in [2.24, 2.45) is 7.05 Å². The third-order valence-corrected chi connectivity index (χ3v) is 4.16. The highest BCUT2D eigenvalue weighted by Gasteiger charge is 2.27. The number of carbonyl (C=O) groups is 2. The van der Waals surface area contributed by atoms with E-state index < -0.39 is 6.10 Å².